The van der Waals surface area contributed by atoms with Crippen LogP contribution in [0.5, 0.6) is 0 Å². The van der Waals surface area contributed by atoms with Gasteiger partial charge in [0.05, 0.1) is 29.0 Å². The molecular formula is C46H51ClN8O8S. The summed E-state index contributed by atoms with van der Waals surface area (Å²) in [4.78, 5) is 44.0. The van der Waals surface area contributed by atoms with E-state index < -0.39 is 22.0 Å². The van der Waals surface area contributed by atoms with Crippen molar-refractivity contribution < 1.29 is 37.3 Å². The van der Waals surface area contributed by atoms with Crippen LogP contribution in [0.15, 0.2) is 63.0 Å². The van der Waals surface area contributed by atoms with Gasteiger partial charge in [0.1, 0.15) is 4.90 Å². The fraction of sp³-hybridized carbons (Fsp3) is 0.413. The van der Waals surface area contributed by atoms with Gasteiger partial charge in [-0.15, -0.1) is 0 Å². The van der Waals surface area contributed by atoms with E-state index in [1.807, 2.05) is 38.5 Å². The molecular weight excluding hydrogens is 860 g/mol. The number of halogens is 1. The molecule has 5 heterocycles. The number of sulfonamides is 1. The van der Waals surface area contributed by atoms with E-state index in [4.69, 9.17) is 30.9 Å². The van der Waals surface area contributed by atoms with Crippen molar-refractivity contribution >= 4 is 33.6 Å². The molecule has 2 aliphatic rings. The first kappa shape index (κ1) is 46.1. The van der Waals surface area contributed by atoms with Crippen LogP contribution in [-0.2, 0) is 58.1 Å². The minimum Gasteiger partial charge on any atom is -0.481 e. The minimum absolute atomic E-state index is 0.0392. The van der Waals surface area contributed by atoms with E-state index in [9.17, 15) is 18.0 Å². The molecule has 0 radical (unpaired) electrons. The Hall–Kier alpha value is -5.91. The predicted molar refractivity (Wildman–Crippen MR) is 238 cm³/mol. The van der Waals surface area contributed by atoms with Gasteiger partial charge in [-0.1, -0.05) is 56.5 Å². The van der Waals surface area contributed by atoms with Gasteiger partial charge in [0.15, 0.2) is 0 Å². The largest absolute Gasteiger partial charge is 0.481 e. The fourth-order valence-electron chi connectivity index (χ4n) is 8.25. The van der Waals surface area contributed by atoms with E-state index in [1.54, 1.807) is 6.20 Å². The molecule has 0 saturated heterocycles. The molecule has 3 N–H and O–H groups in total. The number of hydrogen-bond acceptors (Lipinski definition) is 13. The van der Waals surface area contributed by atoms with Gasteiger partial charge in [-0.3, -0.25) is 24.5 Å². The molecule has 5 aromatic heterocycles. The SMILES string of the molecule is CC1(C)CCc2c(cncc2-c2nc(-c3ccc(S(=O)(=O)NCCC(=O)O)c(Cl)c3)no2)C1.CCc1cc(-c2noc(-c3cncc4c3CCC(C)(C)C4)n2)c(C)nc1CCC(=O)O. The van der Waals surface area contributed by atoms with Gasteiger partial charge < -0.3 is 19.3 Å². The summed E-state index contributed by atoms with van der Waals surface area (Å²) in [5.74, 6) is -0.345. The Morgan fingerprint density at radius 2 is 1.34 bits per heavy atom. The van der Waals surface area contributed by atoms with Gasteiger partial charge in [0.2, 0.25) is 21.7 Å². The van der Waals surface area contributed by atoms with Gasteiger partial charge in [-0.2, -0.15) is 9.97 Å². The number of rotatable bonds is 13. The number of carboxylic acid groups (broad SMARTS) is 2. The molecule has 0 aliphatic heterocycles. The number of hydrogen-bond donors (Lipinski definition) is 3. The van der Waals surface area contributed by atoms with E-state index in [-0.39, 0.29) is 46.0 Å². The van der Waals surface area contributed by atoms with Crippen molar-refractivity contribution in [3.05, 3.63) is 93.3 Å². The average Bonchev–Trinajstić information content (AvgIpc) is 3.93. The first-order valence-electron chi connectivity index (χ1n) is 21.2. The van der Waals surface area contributed by atoms with E-state index >= 15 is 0 Å². The second-order valence-corrected chi connectivity index (χ2v) is 20.0. The maximum absolute atomic E-state index is 12.4. The molecule has 2 aliphatic carbocycles. The number of aliphatic carboxylic acids is 2. The highest BCUT2D eigenvalue weighted by molar-refractivity contribution is 7.89. The maximum Gasteiger partial charge on any atom is 0.304 e. The van der Waals surface area contributed by atoms with Crippen LogP contribution >= 0.6 is 11.6 Å². The van der Waals surface area contributed by atoms with Crippen molar-refractivity contribution in [2.45, 2.75) is 111 Å². The molecule has 0 fully saturated rings. The normalized spacial score (nSPS) is 15.1. The van der Waals surface area contributed by atoms with E-state index in [0.717, 1.165) is 84.2 Å². The molecule has 0 unspecified atom stereocenters. The van der Waals surface area contributed by atoms with Crippen LogP contribution in [0.2, 0.25) is 5.02 Å². The number of fused-ring (bicyclic) bond motifs is 2. The highest BCUT2D eigenvalue weighted by Crippen LogP contribution is 2.40. The van der Waals surface area contributed by atoms with Crippen molar-refractivity contribution in [1.82, 2.24) is 40.0 Å². The monoisotopic (exact) mass is 910 g/mol. The first-order chi connectivity index (χ1) is 30.3. The zero-order valence-corrected chi connectivity index (χ0v) is 38.2. The second kappa shape index (κ2) is 18.7. The van der Waals surface area contributed by atoms with Crippen molar-refractivity contribution in [2.75, 3.05) is 6.54 Å². The Bertz CT molecular complexity index is 2840. The van der Waals surface area contributed by atoms with Gasteiger partial charge >= 0.3 is 11.9 Å². The molecule has 0 saturated carbocycles. The Morgan fingerprint density at radius 1 is 0.781 bits per heavy atom. The third-order valence-corrected chi connectivity index (χ3v) is 13.7. The lowest BCUT2D eigenvalue weighted by Gasteiger charge is -2.31. The molecule has 1 aromatic carbocycles. The quantitative estimate of drug-likeness (QED) is 0.0987. The number of nitrogens with zero attached hydrogens (tertiary/aromatic N) is 7. The van der Waals surface area contributed by atoms with Crippen LogP contribution in [-0.4, -0.2) is 72.3 Å². The summed E-state index contributed by atoms with van der Waals surface area (Å²) >= 11 is 6.22. The molecule has 64 heavy (non-hydrogen) atoms. The summed E-state index contributed by atoms with van der Waals surface area (Å²) < 4.78 is 38.2. The second-order valence-electron chi connectivity index (χ2n) is 17.8. The summed E-state index contributed by atoms with van der Waals surface area (Å²) in [6.45, 7) is 12.7. The van der Waals surface area contributed by atoms with Gasteiger partial charge in [0.25, 0.3) is 11.8 Å². The summed E-state index contributed by atoms with van der Waals surface area (Å²) in [5, 5.41) is 25.9. The fourth-order valence-corrected chi connectivity index (χ4v) is 9.83. The summed E-state index contributed by atoms with van der Waals surface area (Å²) in [6.07, 6.45) is 14.2. The third kappa shape index (κ3) is 10.5. The van der Waals surface area contributed by atoms with Crippen LogP contribution < -0.4 is 4.72 Å². The van der Waals surface area contributed by atoms with Crippen molar-refractivity contribution in [3.63, 3.8) is 0 Å². The Balaban J connectivity index is 0.000000192. The number of pyridine rings is 3. The molecule has 8 rings (SSSR count). The molecule has 16 nitrogen and oxygen atoms in total. The summed E-state index contributed by atoms with van der Waals surface area (Å²) in [6, 6.07) is 6.29. The lowest BCUT2D eigenvalue weighted by atomic mass is 9.74. The van der Waals surface area contributed by atoms with Crippen molar-refractivity contribution in [3.8, 4) is 45.7 Å². The minimum atomic E-state index is -3.96. The molecule has 6 aromatic rings. The van der Waals surface area contributed by atoms with Crippen LogP contribution in [0.4, 0.5) is 0 Å². The van der Waals surface area contributed by atoms with Gasteiger partial charge in [-0.05, 0) is 115 Å². The number of carbonyl (C=O) groups is 2. The molecule has 0 bridgehead atoms. The van der Waals surface area contributed by atoms with Gasteiger partial charge in [-0.25, -0.2) is 13.1 Å². The van der Waals surface area contributed by atoms with Crippen molar-refractivity contribution in [2.24, 2.45) is 10.8 Å². The number of nitrogens with one attached hydrogen (secondary N) is 1. The number of aryl methyl sites for hydroxylation is 3. The number of carboxylic acids is 2. The lowest BCUT2D eigenvalue weighted by molar-refractivity contribution is -0.137. The van der Waals surface area contributed by atoms with Crippen LogP contribution in [0.25, 0.3) is 45.7 Å². The van der Waals surface area contributed by atoms with Crippen LogP contribution in [0.1, 0.15) is 99.5 Å². The van der Waals surface area contributed by atoms with Crippen LogP contribution in [0, 0.1) is 17.8 Å². The highest BCUT2D eigenvalue weighted by atomic mass is 35.5. The van der Waals surface area contributed by atoms with Crippen LogP contribution in [0.3, 0.4) is 0 Å². The smallest absolute Gasteiger partial charge is 0.304 e. The van der Waals surface area contributed by atoms with E-state index in [2.05, 4.69) is 67.7 Å². The zero-order chi connectivity index (χ0) is 46.0. The Labute approximate surface area is 376 Å². The van der Waals surface area contributed by atoms with E-state index in [1.165, 1.54) is 34.9 Å². The Morgan fingerprint density at radius 3 is 1.89 bits per heavy atom. The molecule has 0 atom stereocenters. The zero-order valence-electron chi connectivity index (χ0n) is 36.7. The highest BCUT2D eigenvalue weighted by Gasteiger charge is 2.30. The summed E-state index contributed by atoms with van der Waals surface area (Å²) in [5.41, 5.74) is 10.9. The molecule has 0 amide bonds. The first-order valence-corrected chi connectivity index (χ1v) is 23.0. The molecule has 18 heteroatoms. The Kier molecular flexibility index (Phi) is 13.4. The topological polar surface area (TPSA) is 237 Å². The maximum atomic E-state index is 12.4. The standard InChI is InChI=1S/C24H28N4O3.C22H23ClN4O5S/c1-5-15-10-18(14(2)26-20(15)6-7-21(29)30)22-27-23(31-28-22)19-13-25-12-16-11-24(3,4)9-8-17(16)19;1-22(2)7-5-15-14(10-22)11-24-12-16(15)21-26-20(27-32-21)13-3-4-18(17(23)9-13)33(30,31)25-8-6-19(28)29/h10,12-13H,5-9,11H2,1-4H3,(H,29,30);3-4,9,11-12,25H,5-8,10H2,1-2H3,(H,28,29). The summed E-state index contributed by atoms with van der Waals surface area (Å²) in [7, 11) is -3.96. The third-order valence-electron chi connectivity index (χ3n) is 11.7. The molecule has 336 valence electrons. The lowest BCUT2D eigenvalue weighted by Crippen LogP contribution is -2.26. The number of benzene rings is 1. The average molecular weight is 911 g/mol. The van der Waals surface area contributed by atoms with Gasteiger partial charge in [0, 0.05) is 60.3 Å². The molecule has 0 spiro atoms. The predicted octanol–water partition coefficient (Wildman–Crippen LogP) is 8.32. The number of aromatic nitrogens is 7. The van der Waals surface area contributed by atoms with E-state index in [0.29, 0.717) is 29.6 Å². The van der Waals surface area contributed by atoms with Crippen molar-refractivity contribution in [1.29, 1.82) is 0 Å².